The van der Waals surface area contributed by atoms with Crippen molar-refractivity contribution in [1.82, 2.24) is 9.80 Å². The summed E-state index contributed by atoms with van der Waals surface area (Å²) < 4.78 is 5.73. The molecule has 2 atom stereocenters. The maximum absolute atomic E-state index is 12.4. The van der Waals surface area contributed by atoms with Crippen LogP contribution in [0.15, 0.2) is 0 Å². The van der Waals surface area contributed by atoms with Crippen molar-refractivity contribution >= 4 is 5.91 Å². The molecule has 1 amide bonds. The van der Waals surface area contributed by atoms with Crippen molar-refractivity contribution in [2.45, 2.75) is 57.5 Å². The van der Waals surface area contributed by atoms with Gasteiger partial charge in [0.15, 0.2) is 0 Å². The topological polar surface area (TPSA) is 32.8 Å². The van der Waals surface area contributed by atoms with Gasteiger partial charge >= 0.3 is 0 Å². The van der Waals surface area contributed by atoms with Gasteiger partial charge in [0.1, 0.15) is 0 Å². The highest BCUT2D eigenvalue weighted by Crippen LogP contribution is 2.30. The molecular weight excluding hydrogens is 276 g/mol. The SMILES string of the molecule is CN(CC1CC1)C[C@H]1CCN(C(=O)CC[C@@H]2CCCCO2)C1. The smallest absolute Gasteiger partial charge is 0.222 e. The summed E-state index contributed by atoms with van der Waals surface area (Å²) in [6.45, 7) is 5.24. The van der Waals surface area contributed by atoms with Gasteiger partial charge in [-0.2, -0.15) is 0 Å². The monoisotopic (exact) mass is 308 g/mol. The number of hydrogen-bond acceptors (Lipinski definition) is 3. The van der Waals surface area contributed by atoms with Crippen LogP contribution in [0.25, 0.3) is 0 Å². The summed E-state index contributed by atoms with van der Waals surface area (Å²) in [5.74, 6) is 1.99. The summed E-state index contributed by atoms with van der Waals surface area (Å²) in [6.07, 6.45) is 9.54. The number of likely N-dealkylation sites (tertiary alicyclic amines) is 1. The van der Waals surface area contributed by atoms with Gasteiger partial charge in [-0.1, -0.05) is 0 Å². The van der Waals surface area contributed by atoms with Crippen LogP contribution in [0.5, 0.6) is 0 Å². The van der Waals surface area contributed by atoms with Gasteiger partial charge in [-0.3, -0.25) is 4.79 Å². The molecule has 126 valence electrons. The second-order valence-corrected chi connectivity index (χ2v) is 7.69. The number of rotatable bonds is 7. The third-order valence-electron chi connectivity index (χ3n) is 5.43. The zero-order valence-corrected chi connectivity index (χ0v) is 14.1. The molecule has 22 heavy (non-hydrogen) atoms. The quantitative estimate of drug-likeness (QED) is 0.724. The molecule has 3 aliphatic rings. The molecule has 3 fully saturated rings. The average Bonchev–Trinajstić information content (AvgIpc) is 3.21. The first-order valence-corrected chi connectivity index (χ1v) is 9.28. The minimum Gasteiger partial charge on any atom is -0.378 e. The van der Waals surface area contributed by atoms with Gasteiger partial charge in [-0.15, -0.1) is 0 Å². The fourth-order valence-electron chi connectivity index (χ4n) is 3.94. The Morgan fingerprint density at radius 1 is 1.14 bits per heavy atom. The minimum absolute atomic E-state index is 0.334. The molecule has 4 nitrogen and oxygen atoms in total. The van der Waals surface area contributed by atoms with Gasteiger partial charge in [0.05, 0.1) is 6.10 Å². The van der Waals surface area contributed by atoms with Gasteiger partial charge in [0, 0.05) is 39.2 Å². The molecule has 0 aromatic heterocycles. The summed E-state index contributed by atoms with van der Waals surface area (Å²) in [5.41, 5.74) is 0. The van der Waals surface area contributed by atoms with Gasteiger partial charge in [-0.05, 0) is 63.8 Å². The number of carbonyl (C=O) groups excluding carboxylic acids is 1. The number of hydrogen-bond donors (Lipinski definition) is 0. The van der Waals surface area contributed by atoms with Crippen molar-refractivity contribution < 1.29 is 9.53 Å². The van der Waals surface area contributed by atoms with Gasteiger partial charge < -0.3 is 14.5 Å². The molecule has 0 N–H and O–H groups in total. The van der Waals surface area contributed by atoms with E-state index in [-0.39, 0.29) is 0 Å². The zero-order valence-electron chi connectivity index (χ0n) is 14.1. The van der Waals surface area contributed by atoms with Crippen molar-refractivity contribution in [1.29, 1.82) is 0 Å². The van der Waals surface area contributed by atoms with Crippen molar-refractivity contribution in [3.8, 4) is 0 Å². The van der Waals surface area contributed by atoms with E-state index >= 15 is 0 Å². The molecule has 2 heterocycles. The lowest BCUT2D eigenvalue weighted by Gasteiger charge is -2.24. The molecule has 2 aliphatic heterocycles. The van der Waals surface area contributed by atoms with Crippen LogP contribution >= 0.6 is 0 Å². The van der Waals surface area contributed by atoms with E-state index in [4.69, 9.17) is 4.74 Å². The molecule has 1 saturated carbocycles. The highest BCUT2D eigenvalue weighted by molar-refractivity contribution is 5.76. The Morgan fingerprint density at radius 3 is 2.68 bits per heavy atom. The highest BCUT2D eigenvalue weighted by atomic mass is 16.5. The molecule has 0 spiro atoms. The summed E-state index contributed by atoms with van der Waals surface area (Å²) in [6, 6.07) is 0. The first-order chi connectivity index (χ1) is 10.7. The van der Waals surface area contributed by atoms with Gasteiger partial charge in [-0.25, -0.2) is 0 Å². The van der Waals surface area contributed by atoms with E-state index in [9.17, 15) is 4.79 Å². The van der Waals surface area contributed by atoms with Crippen LogP contribution in [-0.4, -0.2) is 61.6 Å². The van der Waals surface area contributed by atoms with E-state index in [2.05, 4.69) is 16.8 Å². The first-order valence-electron chi connectivity index (χ1n) is 9.28. The standard InChI is InChI=1S/C18H32N2O2/c1-19(12-15-5-6-15)13-16-9-10-20(14-16)18(21)8-7-17-4-2-3-11-22-17/h15-17H,2-14H2,1H3/t16-,17+/m1/s1. The van der Waals surface area contributed by atoms with E-state index in [0.29, 0.717) is 24.3 Å². The highest BCUT2D eigenvalue weighted by Gasteiger charge is 2.29. The Kier molecular flexibility index (Phi) is 5.75. The van der Waals surface area contributed by atoms with Crippen LogP contribution < -0.4 is 0 Å². The lowest BCUT2D eigenvalue weighted by molar-refractivity contribution is -0.131. The van der Waals surface area contributed by atoms with Crippen LogP contribution in [-0.2, 0) is 9.53 Å². The molecule has 4 heteroatoms. The third-order valence-corrected chi connectivity index (χ3v) is 5.43. The lowest BCUT2D eigenvalue weighted by atomic mass is 10.0. The lowest BCUT2D eigenvalue weighted by Crippen LogP contribution is -2.33. The van der Waals surface area contributed by atoms with Crippen LogP contribution in [0, 0.1) is 11.8 Å². The number of nitrogens with zero attached hydrogens (tertiary/aromatic N) is 2. The Hall–Kier alpha value is -0.610. The second kappa shape index (κ2) is 7.78. The fraction of sp³-hybridized carbons (Fsp3) is 0.944. The van der Waals surface area contributed by atoms with Gasteiger partial charge in [0.2, 0.25) is 5.91 Å². The molecule has 0 bridgehead atoms. The van der Waals surface area contributed by atoms with Crippen LogP contribution in [0.3, 0.4) is 0 Å². The fourth-order valence-corrected chi connectivity index (χ4v) is 3.94. The maximum atomic E-state index is 12.4. The van der Waals surface area contributed by atoms with Crippen molar-refractivity contribution in [3.63, 3.8) is 0 Å². The summed E-state index contributed by atoms with van der Waals surface area (Å²) >= 11 is 0. The van der Waals surface area contributed by atoms with E-state index in [1.807, 2.05) is 0 Å². The van der Waals surface area contributed by atoms with Gasteiger partial charge in [0.25, 0.3) is 0 Å². The van der Waals surface area contributed by atoms with Crippen LogP contribution in [0.1, 0.15) is 51.4 Å². The molecule has 0 unspecified atom stereocenters. The predicted molar refractivity (Wildman–Crippen MR) is 87.7 cm³/mol. The summed E-state index contributed by atoms with van der Waals surface area (Å²) in [7, 11) is 2.24. The van der Waals surface area contributed by atoms with E-state index in [1.54, 1.807) is 0 Å². The van der Waals surface area contributed by atoms with Crippen molar-refractivity contribution in [2.75, 3.05) is 39.8 Å². The van der Waals surface area contributed by atoms with E-state index in [1.165, 1.54) is 38.6 Å². The molecule has 0 aromatic rings. The maximum Gasteiger partial charge on any atom is 0.222 e. The Balaban J connectivity index is 1.33. The Bertz CT molecular complexity index is 364. The molecule has 2 saturated heterocycles. The number of ether oxygens (including phenoxy) is 1. The largest absolute Gasteiger partial charge is 0.378 e. The Labute approximate surface area is 135 Å². The molecule has 1 aliphatic carbocycles. The summed E-state index contributed by atoms with van der Waals surface area (Å²) in [5, 5.41) is 0. The number of amides is 1. The third kappa shape index (κ3) is 4.95. The minimum atomic E-state index is 0.334. The second-order valence-electron chi connectivity index (χ2n) is 7.69. The zero-order chi connectivity index (χ0) is 15.4. The molecule has 3 rings (SSSR count). The van der Waals surface area contributed by atoms with Crippen LogP contribution in [0.2, 0.25) is 0 Å². The molecule has 0 aromatic carbocycles. The van der Waals surface area contributed by atoms with Crippen molar-refractivity contribution in [3.05, 3.63) is 0 Å². The number of carbonyl (C=O) groups is 1. The van der Waals surface area contributed by atoms with E-state index in [0.717, 1.165) is 45.0 Å². The Morgan fingerprint density at radius 2 is 1.95 bits per heavy atom. The average molecular weight is 308 g/mol. The molecular formula is C18H32N2O2. The summed E-state index contributed by atoms with van der Waals surface area (Å²) in [4.78, 5) is 16.9. The first kappa shape index (κ1) is 16.3. The van der Waals surface area contributed by atoms with Crippen molar-refractivity contribution in [2.24, 2.45) is 11.8 Å². The normalized spacial score (nSPS) is 29.3. The predicted octanol–water partition coefficient (Wildman–Crippen LogP) is 2.53. The van der Waals surface area contributed by atoms with E-state index < -0.39 is 0 Å². The van der Waals surface area contributed by atoms with Crippen LogP contribution in [0.4, 0.5) is 0 Å². The molecule has 0 radical (unpaired) electrons.